The SMILES string of the molecule is CC(C)(C)CCOCc1sccc1C#CCCO. The Hall–Kier alpha value is -0.820. The molecule has 1 heterocycles. The fourth-order valence-electron chi connectivity index (χ4n) is 1.32. The molecule has 2 nitrogen and oxygen atoms in total. The summed E-state index contributed by atoms with van der Waals surface area (Å²) in [5.74, 6) is 6.02. The van der Waals surface area contributed by atoms with Crippen LogP contribution in [0, 0.1) is 17.3 Å². The third-order valence-electron chi connectivity index (χ3n) is 2.43. The molecule has 0 saturated heterocycles. The summed E-state index contributed by atoms with van der Waals surface area (Å²) >= 11 is 1.68. The Bertz CT molecular complexity index is 404. The largest absolute Gasteiger partial charge is 0.395 e. The van der Waals surface area contributed by atoms with E-state index in [0.29, 0.717) is 18.4 Å². The van der Waals surface area contributed by atoms with E-state index in [1.807, 2.05) is 11.4 Å². The summed E-state index contributed by atoms with van der Waals surface area (Å²) in [6, 6.07) is 2.01. The smallest absolute Gasteiger partial charge is 0.0821 e. The van der Waals surface area contributed by atoms with E-state index in [4.69, 9.17) is 9.84 Å². The lowest BCUT2D eigenvalue weighted by Crippen LogP contribution is -2.09. The summed E-state index contributed by atoms with van der Waals surface area (Å²) in [7, 11) is 0. The highest BCUT2D eigenvalue weighted by Crippen LogP contribution is 2.20. The Kier molecular flexibility index (Phi) is 6.42. The molecule has 1 N–H and O–H groups in total. The van der Waals surface area contributed by atoms with Gasteiger partial charge in [0.1, 0.15) is 0 Å². The van der Waals surface area contributed by atoms with Gasteiger partial charge in [0.25, 0.3) is 0 Å². The molecule has 3 heteroatoms. The molecule has 0 saturated carbocycles. The zero-order valence-electron chi connectivity index (χ0n) is 11.5. The van der Waals surface area contributed by atoms with E-state index >= 15 is 0 Å². The van der Waals surface area contributed by atoms with Gasteiger partial charge >= 0.3 is 0 Å². The number of thiophene rings is 1. The molecule has 0 unspecified atom stereocenters. The van der Waals surface area contributed by atoms with Crippen molar-refractivity contribution in [2.24, 2.45) is 5.41 Å². The minimum Gasteiger partial charge on any atom is -0.395 e. The first-order valence-corrected chi connectivity index (χ1v) is 7.15. The molecule has 18 heavy (non-hydrogen) atoms. The molecule has 0 bridgehead atoms. The number of hydrogen-bond donors (Lipinski definition) is 1. The van der Waals surface area contributed by atoms with Crippen molar-refractivity contribution >= 4 is 11.3 Å². The van der Waals surface area contributed by atoms with Crippen molar-refractivity contribution in [3.8, 4) is 11.8 Å². The Balaban J connectivity index is 2.39. The van der Waals surface area contributed by atoms with Crippen molar-refractivity contribution in [3.63, 3.8) is 0 Å². The fourth-order valence-corrected chi connectivity index (χ4v) is 2.09. The molecule has 0 spiro atoms. The third-order valence-corrected chi connectivity index (χ3v) is 3.33. The summed E-state index contributed by atoms with van der Waals surface area (Å²) in [5, 5.41) is 10.7. The molecule has 0 radical (unpaired) electrons. The van der Waals surface area contributed by atoms with Crippen molar-refractivity contribution in [1.82, 2.24) is 0 Å². The average molecular weight is 266 g/mol. The van der Waals surface area contributed by atoms with Gasteiger partial charge in [0.2, 0.25) is 0 Å². The Morgan fingerprint density at radius 3 is 2.83 bits per heavy atom. The van der Waals surface area contributed by atoms with Crippen molar-refractivity contribution < 1.29 is 9.84 Å². The standard InChI is InChI=1S/C15H22O2S/c1-15(2,3)8-10-17-12-14-13(7-11-18-14)6-4-5-9-16/h7,11,16H,5,8-10,12H2,1-3H3. The van der Waals surface area contributed by atoms with Crippen LogP contribution in [0.2, 0.25) is 0 Å². The van der Waals surface area contributed by atoms with Crippen molar-refractivity contribution in [1.29, 1.82) is 0 Å². The number of ether oxygens (including phenoxy) is 1. The predicted molar refractivity (Wildman–Crippen MR) is 76.6 cm³/mol. The molecule has 0 aliphatic heterocycles. The molecule has 0 aliphatic rings. The molecule has 0 atom stereocenters. The Morgan fingerprint density at radius 2 is 2.17 bits per heavy atom. The highest BCUT2D eigenvalue weighted by atomic mass is 32.1. The van der Waals surface area contributed by atoms with Gasteiger partial charge in [-0.2, -0.15) is 0 Å². The van der Waals surface area contributed by atoms with Gasteiger partial charge in [-0.3, -0.25) is 0 Å². The number of aliphatic hydroxyl groups is 1. The number of hydrogen-bond acceptors (Lipinski definition) is 3. The first kappa shape index (κ1) is 15.2. The van der Waals surface area contributed by atoms with Gasteiger partial charge in [-0.05, 0) is 23.3 Å². The van der Waals surface area contributed by atoms with Crippen LogP contribution >= 0.6 is 11.3 Å². The van der Waals surface area contributed by atoms with Crippen LogP contribution in [0.25, 0.3) is 0 Å². The van der Waals surface area contributed by atoms with Gasteiger partial charge in [-0.1, -0.05) is 32.6 Å². The van der Waals surface area contributed by atoms with Crippen LogP contribution in [0.3, 0.4) is 0 Å². The molecule has 1 aromatic heterocycles. The van der Waals surface area contributed by atoms with Crippen LogP contribution in [0.4, 0.5) is 0 Å². The van der Waals surface area contributed by atoms with Crippen LogP contribution in [0.15, 0.2) is 11.4 Å². The van der Waals surface area contributed by atoms with Crippen LogP contribution in [-0.2, 0) is 11.3 Å². The molecular weight excluding hydrogens is 244 g/mol. The van der Waals surface area contributed by atoms with Gasteiger partial charge in [0.15, 0.2) is 0 Å². The first-order valence-electron chi connectivity index (χ1n) is 6.27. The highest BCUT2D eigenvalue weighted by molar-refractivity contribution is 7.10. The molecule has 0 amide bonds. The topological polar surface area (TPSA) is 29.5 Å². The third kappa shape index (κ3) is 6.20. The van der Waals surface area contributed by atoms with Crippen LogP contribution in [-0.4, -0.2) is 18.3 Å². The van der Waals surface area contributed by atoms with Crippen molar-refractivity contribution in [3.05, 3.63) is 21.9 Å². The van der Waals surface area contributed by atoms with Gasteiger partial charge in [0, 0.05) is 23.5 Å². The lowest BCUT2D eigenvalue weighted by Gasteiger charge is -2.17. The van der Waals surface area contributed by atoms with Gasteiger partial charge < -0.3 is 9.84 Å². The maximum Gasteiger partial charge on any atom is 0.0821 e. The average Bonchev–Trinajstić information content (AvgIpc) is 2.71. The van der Waals surface area contributed by atoms with E-state index < -0.39 is 0 Å². The summed E-state index contributed by atoms with van der Waals surface area (Å²) < 4.78 is 5.69. The second-order valence-corrected chi connectivity index (χ2v) is 6.40. The minimum atomic E-state index is 0.120. The van der Waals surface area contributed by atoms with E-state index in [1.54, 1.807) is 11.3 Å². The second kappa shape index (κ2) is 7.58. The lowest BCUT2D eigenvalue weighted by molar-refractivity contribution is 0.0979. The summed E-state index contributed by atoms with van der Waals surface area (Å²) in [6.07, 6.45) is 1.59. The van der Waals surface area contributed by atoms with Crippen LogP contribution in [0.1, 0.15) is 44.1 Å². The maximum absolute atomic E-state index is 8.69. The fraction of sp³-hybridized carbons (Fsp3) is 0.600. The monoisotopic (exact) mass is 266 g/mol. The molecule has 1 rings (SSSR count). The molecule has 0 aliphatic carbocycles. The number of aliphatic hydroxyl groups excluding tert-OH is 1. The molecule has 0 fully saturated rings. The zero-order chi connectivity index (χ0) is 13.4. The van der Waals surface area contributed by atoms with E-state index in [0.717, 1.165) is 18.6 Å². The molecule has 1 aromatic rings. The van der Waals surface area contributed by atoms with Crippen LogP contribution in [0.5, 0.6) is 0 Å². The van der Waals surface area contributed by atoms with E-state index in [-0.39, 0.29) is 6.61 Å². The van der Waals surface area contributed by atoms with Crippen molar-refractivity contribution in [2.75, 3.05) is 13.2 Å². The quantitative estimate of drug-likeness (QED) is 0.653. The summed E-state index contributed by atoms with van der Waals surface area (Å²) in [6.45, 7) is 8.18. The van der Waals surface area contributed by atoms with Gasteiger partial charge in [-0.15, -0.1) is 11.3 Å². The Labute approximate surface area is 114 Å². The number of rotatable bonds is 5. The first-order chi connectivity index (χ1) is 8.53. The molecule has 0 aromatic carbocycles. The van der Waals surface area contributed by atoms with Gasteiger partial charge in [-0.25, -0.2) is 0 Å². The lowest BCUT2D eigenvalue weighted by atomic mass is 9.93. The summed E-state index contributed by atoms with van der Waals surface area (Å²) in [5.41, 5.74) is 1.35. The molecule has 100 valence electrons. The predicted octanol–water partition coefficient (Wildman–Crippen LogP) is 3.43. The molecular formula is C15H22O2S. The van der Waals surface area contributed by atoms with E-state index in [9.17, 15) is 0 Å². The van der Waals surface area contributed by atoms with Crippen LogP contribution < -0.4 is 0 Å². The Morgan fingerprint density at radius 1 is 1.39 bits per heavy atom. The van der Waals surface area contributed by atoms with E-state index in [1.165, 1.54) is 4.88 Å². The normalized spacial score (nSPS) is 11.1. The van der Waals surface area contributed by atoms with Gasteiger partial charge in [0.05, 0.1) is 13.2 Å². The minimum absolute atomic E-state index is 0.120. The second-order valence-electron chi connectivity index (χ2n) is 5.40. The summed E-state index contributed by atoms with van der Waals surface area (Å²) in [4.78, 5) is 1.18. The van der Waals surface area contributed by atoms with Crippen molar-refractivity contribution in [2.45, 2.75) is 40.2 Å². The zero-order valence-corrected chi connectivity index (χ0v) is 12.3. The highest BCUT2D eigenvalue weighted by Gasteiger charge is 2.10. The maximum atomic E-state index is 8.69. The van der Waals surface area contributed by atoms with E-state index in [2.05, 4.69) is 32.6 Å².